The van der Waals surface area contributed by atoms with Gasteiger partial charge < -0.3 is 15.2 Å². The summed E-state index contributed by atoms with van der Waals surface area (Å²) in [6.07, 6.45) is 2.28. The summed E-state index contributed by atoms with van der Waals surface area (Å²) in [5.74, 6) is 0.0707. The molecule has 7 heteroatoms. The number of rotatable bonds is 9. The van der Waals surface area contributed by atoms with Crippen molar-refractivity contribution in [2.75, 3.05) is 45.7 Å². The highest BCUT2D eigenvalue weighted by molar-refractivity contribution is 7.89. The first-order chi connectivity index (χ1) is 8.60. The fraction of sp³-hybridized carbons (Fsp3) is 1.00. The van der Waals surface area contributed by atoms with Gasteiger partial charge in [-0.25, -0.2) is 8.42 Å². The second kappa shape index (κ2) is 8.06. The van der Waals surface area contributed by atoms with Gasteiger partial charge in [-0.3, -0.25) is 0 Å². The summed E-state index contributed by atoms with van der Waals surface area (Å²) in [6, 6.07) is 0. The Bertz CT molecular complexity index is 307. The maximum atomic E-state index is 12.2. The molecule has 1 unspecified atom stereocenters. The molecule has 108 valence electrons. The van der Waals surface area contributed by atoms with E-state index in [1.165, 1.54) is 4.31 Å². The Hall–Kier alpha value is -0.210. The number of hydrogen-bond donors (Lipinski definition) is 1. The van der Waals surface area contributed by atoms with Crippen molar-refractivity contribution in [3.05, 3.63) is 0 Å². The zero-order valence-electron chi connectivity index (χ0n) is 11.0. The Morgan fingerprint density at radius 3 is 2.78 bits per heavy atom. The smallest absolute Gasteiger partial charge is 0.216 e. The lowest BCUT2D eigenvalue weighted by Gasteiger charge is -2.23. The Morgan fingerprint density at radius 1 is 1.44 bits per heavy atom. The van der Waals surface area contributed by atoms with E-state index >= 15 is 0 Å². The normalized spacial score (nSPS) is 20.7. The summed E-state index contributed by atoms with van der Waals surface area (Å²) in [7, 11) is -1.71. The van der Waals surface area contributed by atoms with Gasteiger partial charge in [0.25, 0.3) is 0 Å². The molecule has 1 rings (SSSR count). The molecule has 2 N–H and O–H groups in total. The van der Waals surface area contributed by atoms with Crippen molar-refractivity contribution in [1.29, 1.82) is 0 Å². The molecule has 1 aliphatic heterocycles. The second-order valence-electron chi connectivity index (χ2n) is 4.45. The van der Waals surface area contributed by atoms with Gasteiger partial charge in [-0.05, 0) is 25.8 Å². The first kappa shape index (κ1) is 15.8. The molecule has 0 saturated carbocycles. The molecule has 1 heterocycles. The van der Waals surface area contributed by atoms with E-state index in [-0.39, 0.29) is 11.9 Å². The van der Waals surface area contributed by atoms with Gasteiger partial charge in [0, 0.05) is 26.8 Å². The maximum absolute atomic E-state index is 12.2. The van der Waals surface area contributed by atoms with Crippen LogP contribution in [0.2, 0.25) is 0 Å². The van der Waals surface area contributed by atoms with E-state index in [4.69, 9.17) is 15.2 Å². The van der Waals surface area contributed by atoms with E-state index in [0.29, 0.717) is 39.3 Å². The van der Waals surface area contributed by atoms with Gasteiger partial charge in [0.1, 0.15) is 0 Å². The van der Waals surface area contributed by atoms with Gasteiger partial charge in [-0.1, -0.05) is 0 Å². The van der Waals surface area contributed by atoms with Crippen LogP contribution in [0.25, 0.3) is 0 Å². The first-order valence-electron chi connectivity index (χ1n) is 6.38. The van der Waals surface area contributed by atoms with Crippen molar-refractivity contribution >= 4 is 10.0 Å². The van der Waals surface area contributed by atoms with Crippen molar-refractivity contribution in [2.45, 2.75) is 25.4 Å². The van der Waals surface area contributed by atoms with E-state index < -0.39 is 10.0 Å². The lowest BCUT2D eigenvalue weighted by molar-refractivity contribution is 0.125. The van der Waals surface area contributed by atoms with Crippen molar-refractivity contribution in [1.82, 2.24) is 4.31 Å². The molecule has 6 nitrogen and oxygen atoms in total. The van der Waals surface area contributed by atoms with Gasteiger partial charge in [0.15, 0.2) is 0 Å². The molecule has 0 aromatic rings. The monoisotopic (exact) mass is 280 g/mol. The summed E-state index contributed by atoms with van der Waals surface area (Å²) in [4.78, 5) is 0. The lowest BCUT2D eigenvalue weighted by Crippen LogP contribution is -2.39. The van der Waals surface area contributed by atoms with Crippen LogP contribution in [0, 0.1) is 0 Å². The quantitative estimate of drug-likeness (QED) is 0.632. The molecule has 1 fully saturated rings. The van der Waals surface area contributed by atoms with Crippen LogP contribution in [-0.2, 0) is 19.5 Å². The van der Waals surface area contributed by atoms with Crippen LogP contribution in [0.4, 0.5) is 0 Å². The van der Waals surface area contributed by atoms with E-state index in [1.807, 2.05) is 0 Å². The van der Waals surface area contributed by atoms with E-state index in [1.54, 1.807) is 7.11 Å². The molecule has 1 aliphatic rings. The molecule has 0 aromatic carbocycles. The van der Waals surface area contributed by atoms with Gasteiger partial charge >= 0.3 is 0 Å². The summed E-state index contributed by atoms with van der Waals surface area (Å²) < 4.78 is 36.3. The molecule has 18 heavy (non-hydrogen) atoms. The van der Waals surface area contributed by atoms with Crippen LogP contribution in [0.3, 0.4) is 0 Å². The third kappa shape index (κ3) is 5.19. The van der Waals surface area contributed by atoms with E-state index in [2.05, 4.69) is 0 Å². The highest BCUT2D eigenvalue weighted by atomic mass is 32.2. The number of ether oxygens (including phenoxy) is 2. The van der Waals surface area contributed by atoms with Crippen LogP contribution >= 0.6 is 0 Å². The van der Waals surface area contributed by atoms with Crippen molar-refractivity contribution in [2.24, 2.45) is 5.73 Å². The summed E-state index contributed by atoms with van der Waals surface area (Å²) in [5, 5.41) is 0. The molecule has 0 radical (unpaired) electrons. The van der Waals surface area contributed by atoms with Crippen LogP contribution in [0.1, 0.15) is 19.3 Å². The van der Waals surface area contributed by atoms with Gasteiger partial charge in [-0.2, -0.15) is 4.31 Å². The molecule has 0 bridgehead atoms. The van der Waals surface area contributed by atoms with Crippen LogP contribution in [-0.4, -0.2) is 64.5 Å². The van der Waals surface area contributed by atoms with Crippen molar-refractivity contribution < 1.29 is 17.9 Å². The van der Waals surface area contributed by atoms with Crippen molar-refractivity contribution in [3.63, 3.8) is 0 Å². The predicted molar refractivity (Wildman–Crippen MR) is 69.9 cm³/mol. The largest absolute Gasteiger partial charge is 0.383 e. The third-order valence-corrected chi connectivity index (χ3v) is 4.92. The summed E-state index contributed by atoms with van der Waals surface area (Å²) in [6.45, 7) is 2.38. The minimum Gasteiger partial charge on any atom is -0.383 e. The minimum atomic E-state index is -3.28. The number of nitrogens with two attached hydrogens (primary N) is 1. The molecular weight excluding hydrogens is 256 g/mol. The number of hydrogen-bond acceptors (Lipinski definition) is 5. The number of methoxy groups -OCH3 is 1. The maximum Gasteiger partial charge on any atom is 0.216 e. The topological polar surface area (TPSA) is 81.9 Å². The number of sulfonamides is 1. The molecule has 0 amide bonds. The standard InChI is InChI=1S/C11H24N2O4S/c1-16-9-7-13(6-3-5-12)18(14,15)10-11-4-2-8-17-11/h11H,2-10,12H2,1H3. The first-order valence-corrected chi connectivity index (χ1v) is 7.99. The number of nitrogens with zero attached hydrogens (tertiary/aromatic N) is 1. The molecule has 0 spiro atoms. The summed E-state index contributed by atoms with van der Waals surface area (Å²) in [5.41, 5.74) is 5.43. The Morgan fingerprint density at radius 2 is 2.22 bits per heavy atom. The van der Waals surface area contributed by atoms with Crippen LogP contribution < -0.4 is 5.73 Å². The highest BCUT2D eigenvalue weighted by Gasteiger charge is 2.28. The summed E-state index contributed by atoms with van der Waals surface area (Å²) >= 11 is 0. The molecule has 1 saturated heterocycles. The zero-order chi connectivity index (χ0) is 13.4. The fourth-order valence-corrected chi connectivity index (χ4v) is 3.67. The fourth-order valence-electron chi connectivity index (χ4n) is 1.97. The molecular formula is C11H24N2O4S. The van der Waals surface area contributed by atoms with Crippen molar-refractivity contribution in [3.8, 4) is 0 Å². The Labute approximate surface area is 109 Å². The predicted octanol–water partition coefficient (Wildman–Crippen LogP) is -0.208. The van der Waals surface area contributed by atoms with Gasteiger partial charge in [-0.15, -0.1) is 0 Å². The molecule has 0 aromatic heterocycles. The minimum absolute atomic E-state index is 0.0707. The second-order valence-corrected chi connectivity index (χ2v) is 6.46. The average molecular weight is 280 g/mol. The van der Waals surface area contributed by atoms with Crippen LogP contribution in [0.15, 0.2) is 0 Å². The molecule has 1 atom stereocenters. The Kier molecular flexibility index (Phi) is 7.10. The van der Waals surface area contributed by atoms with E-state index in [9.17, 15) is 8.42 Å². The van der Waals surface area contributed by atoms with Crippen LogP contribution in [0.5, 0.6) is 0 Å². The highest BCUT2D eigenvalue weighted by Crippen LogP contribution is 2.16. The van der Waals surface area contributed by atoms with E-state index in [0.717, 1.165) is 12.8 Å². The third-order valence-electron chi connectivity index (χ3n) is 2.97. The van der Waals surface area contributed by atoms with Gasteiger partial charge in [0.05, 0.1) is 18.5 Å². The lowest BCUT2D eigenvalue weighted by atomic mass is 10.3. The average Bonchev–Trinajstić information content (AvgIpc) is 2.81. The van der Waals surface area contributed by atoms with Gasteiger partial charge in [0.2, 0.25) is 10.0 Å². The zero-order valence-corrected chi connectivity index (χ0v) is 11.8. The Balaban J connectivity index is 2.55. The molecule has 0 aliphatic carbocycles. The SMILES string of the molecule is COCCN(CCCN)S(=O)(=O)CC1CCCO1.